The standard InChI is InChI=1S/C10H11N3/c1-2-13-7-12-9-5-8(6-11)3-4-10(9)13/h3-5,12H,2,7H2,1H3. The van der Waals surface area contributed by atoms with Gasteiger partial charge in [-0.2, -0.15) is 5.26 Å². The lowest BCUT2D eigenvalue weighted by Crippen LogP contribution is -2.21. The Morgan fingerprint density at radius 1 is 1.62 bits per heavy atom. The highest BCUT2D eigenvalue weighted by Gasteiger charge is 2.16. The first-order chi connectivity index (χ1) is 6.35. The van der Waals surface area contributed by atoms with Crippen molar-refractivity contribution in [3.63, 3.8) is 0 Å². The molecule has 13 heavy (non-hydrogen) atoms. The molecule has 1 aromatic rings. The molecule has 3 nitrogen and oxygen atoms in total. The molecule has 0 amide bonds. The second-order valence-corrected chi connectivity index (χ2v) is 3.03. The number of nitriles is 1. The van der Waals surface area contributed by atoms with Crippen LogP contribution in [0.3, 0.4) is 0 Å². The fourth-order valence-electron chi connectivity index (χ4n) is 1.57. The molecule has 1 N–H and O–H groups in total. The van der Waals surface area contributed by atoms with Crippen molar-refractivity contribution in [1.29, 1.82) is 5.26 Å². The average molecular weight is 173 g/mol. The molecule has 0 fully saturated rings. The highest BCUT2D eigenvalue weighted by molar-refractivity contribution is 5.76. The van der Waals surface area contributed by atoms with Gasteiger partial charge >= 0.3 is 0 Å². The van der Waals surface area contributed by atoms with E-state index in [2.05, 4.69) is 23.2 Å². The first-order valence-corrected chi connectivity index (χ1v) is 4.38. The Kier molecular flexibility index (Phi) is 1.82. The Labute approximate surface area is 77.6 Å². The van der Waals surface area contributed by atoms with Crippen LogP contribution in [0.2, 0.25) is 0 Å². The summed E-state index contributed by atoms with van der Waals surface area (Å²) in [5, 5.41) is 12.0. The fraction of sp³-hybridized carbons (Fsp3) is 0.300. The number of hydrogen-bond donors (Lipinski definition) is 1. The van der Waals surface area contributed by atoms with E-state index in [0.717, 1.165) is 18.9 Å². The lowest BCUT2D eigenvalue weighted by molar-refractivity contribution is 0.911. The number of nitrogens with zero attached hydrogens (tertiary/aromatic N) is 2. The van der Waals surface area contributed by atoms with Gasteiger partial charge in [-0.05, 0) is 25.1 Å². The molecule has 0 saturated heterocycles. The molecule has 0 saturated carbocycles. The minimum atomic E-state index is 0.712. The van der Waals surface area contributed by atoms with E-state index in [9.17, 15) is 0 Å². The second kappa shape index (κ2) is 2.98. The van der Waals surface area contributed by atoms with Crippen LogP contribution in [0.4, 0.5) is 11.4 Å². The van der Waals surface area contributed by atoms with Crippen LogP contribution in [0.5, 0.6) is 0 Å². The molecule has 1 heterocycles. The molecule has 0 atom stereocenters. The van der Waals surface area contributed by atoms with Crippen molar-refractivity contribution >= 4 is 11.4 Å². The Bertz CT molecular complexity index is 365. The number of fused-ring (bicyclic) bond motifs is 1. The lowest BCUT2D eigenvalue weighted by Gasteiger charge is -2.14. The van der Waals surface area contributed by atoms with Crippen LogP contribution in [-0.2, 0) is 0 Å². The molecule has 1 aliphatic heterocycles. The summed E-state index contributed by atoms with van der Waals surface area (Å²) in [6.07, 6.45) is 0. The third-order valence-electron chi connectivity index (χ3n) is 2.31. The molecule has 0 aliphatic carbocycles. The number of anilines is 2. The summed E-state index contributed by atoms with van der Waals surface area (Å²) in [6.45, 7) is 3.96. The molecule has 0 bridgehead atoms. The summed E-state index contributed by atoms with van der Waals surface area (Å²) in [4.78, 5) is 2.23. The number of benzene rings is 1. The Morgan fingerprint density at radius 2 is 2.46 bits per heavy atom. The number of hydrogen-bond acceptors (Lipinski definition) is 3. The van der Waals surface area contributed by atoms with E-state index in [1.807, 2.05) is 18.2 Å². The maximum Gasteiger partial charge on any atom is 0.0992 e. The van der Waals surface area contributed by atoms with E-state index in [1.165, 1.54) is 5.69 Å². The van der Waals surface area contributed by atoms with Crippen LogP contribution < -0.4 is 10.2 Å². The van der Waals surface area contributed by atoms with Gasteiger partial charge in [0.25, 0.3) is 0 Å². The Hall–Kier alpha value is -1.69. The van der Waals surface area contributed by atoms with Crippen molar-refractivity contribution < 1.29 is 0 Å². The first-order valence-electron chi connectivity index (χ1n) is 4.38. The topological polar surface area (TPSA) is 39.1 Å². The predicted molar refractivity (Wildman–Crippen MR) is 52.7 cm³/mol. The molecule has 2 rings (SSSR count). The Morgan fingerprint density at radius 3 is 3.15 bits per heavy atom. The van der Waals surface area contributed by atoms with Crippen molar-refractivity contribution in [2.24, 2.45) is 0 Å². The zero-order chi connectivity index (χ0) is 9.26. The molecule has 1 aliphatic rings. The largest absolute Gasteiger partial charge is 0.366 e. The van der Waals surface area contributed by atoms with E-state index in [-0.39, 0.29) is 0 Å². The third kappa shape index (κ3) is 1.20. The van der Waals surface area contributed by atoms with Crippen LogP contribution in [-0.4, -0.2) is 13.2 Å². The molecular weight excluding hydrogens is 162 g/mol. The number of rotatable bonds is 1. The zero-order valence-electron chi connectivity index (χ0n) is 7.54. The van der Waals surface area contributed by atoms with Crippen molar-refractivity contribution in [2.75, 3.05) is 23.4 Å². The van der Waals surface area contributed by atoms with Crippen molar-refractivity contribution in [2.45, 2.75) is 6.92 Å². The van der Waals surface area contributed by atoms with Gasteiger partial charge in [0, 0.05) is 6.54 Å². The third-order valence-corrected chi connectivity index (χ3v) is 2.31. The predicted octanol–water partition coefficient (Wildman–Crippen LogP) is 1.77. The minimum absolute atomic E-state index is 0.712. The summed E-state index contributed by atoms with van der Waals surface area (Å²) in [6, 6.07) is 7.88. The highest BCUT2D eigenvalue weighted by atomic mass is 15.3. The monoisotopic (exact) mass is 173 g/mol. The number of nitrogens with one attached hydrogen (secondary N) is 1. The Balaban J connectivity index is 2.41. The molecule has 0 aromatic heterocycles. The lowest BCUT2D eigenvalue weighted by atomic mass is 10.2. The maximum atomic E-state index is 8.70. The van der Waals surface area contributed by atoms with Gasteiger partial charge < -0.3 is 10.2 Å². The summed E-state index contributed by atoms with van der Waals surface area (Å²) in [5.74, 6) is 0. The van der Waals surface area contributed by atoms with Crippen LogP contribution in [0, 0.1) is 11.3 Å². The van der Waals surface area contributed by atoms with E-state index in [1.54, 1.807) is 0 Å². The van der Waals surface area contributed by atoms with Gasteiger partial charge in [-0.1, -0.05) is 0 Å². The second-order valence-electron chi connectivity index (χ2n) is 3.03. The summed E-state index contributed by atoms with van der Waals surface area (Å²) < 4.78 is 0. The molecule has 66 valence electrons. The van der Waals surface area contributed by atoms with Gasteiger partial charge in [-0.25, -0.2) is 0 Å². The van der Waals surface area contributed by atoms with Gasteiger partial charge in [-0.15, -0.1) is 0 Å². The van der Waals surface area contributed by atoms with E-state index >= 15 is 0 Å². The highest BCUT2D eigenvalue weighted by Crippen LogP contribution is 2.31. The van der Waals surface area contributed by atoms with Gasteiger partial charge in [0.15, 0.2) is 0 Å². The molecule has 0 unspecified atom stereocenters. The molecule has 0 radical (unpaired) electrons. The molecule has 0 spiro atoms. The summed E-state index contributed by atoms with van der Waals surface area (Å²) in [5.41, 5.74) is 2.98. The zero-order valence-corrected chi connectivity index (χ0v) is 7.54. The van der Waals surface area contributed by atoms with Gasteiger partial charge in [0.2, 0.25) is 0 Å². The fourth-order valence-corrected chi connectivity index (χ4v) is 1.57. The van der Waals surface area contributed by atoms with Crippen molar-refractivity contribution in [3.05, 3.63) is 23.8 Å². The minimum Gasteiger partial charge on any atom is -0.366 e. The molecule has 3 heteroatoms. The SMILES string of the molecule is CCN1CNc2cc(C#N)ccc21. The van der Waals surface area contributed by atoms with Crippen LogP contribution >= 0.6 is 0 Å². The maximum absolute atomic E-state index is 8.70. The van der Waals surface area contributed by atoms with E-state index < -0.39 is 0 Å². The van der Waals surface area contributed by atoms with Crippen LogP contribution in [0.25, 0.3) is 0 Å². The van der Waals surface area contributed by atoms with Crippen LogP contribution in [0.15, 0.2) is 18.2 Å². The van der Waals surface area contributed by atoms with Gasteiger partial charge in [-0.3, -0.25) is 0 Å². The van der Waals surface area contributed by atoms with Crippen molar-refractivity contribution in [1.82, 2.24) is 0 Å². The molecular formula is C10H11N3. The first kappa shape index (κ1) is 7.93. The summed E-state index contributed by atoms with van der Waals surface area (Å²) in [7, 11) is 0. The van der Waals surface area contributed by atoms with Gasteiger partial charge in [0.05, 0.1) is 29.7 Å². The quantitative estimate of drug-likeness (QED) is 0.703. The molecule has 1 aromatic carbocycles. The van der Waals surface area contributed by atoms with E-state index in [0.29, 0.717) is 5.56 Å². The average Bonchev–Trinajstić information content (AvgIpc) is 2.59. The van der Waals surface area contributed by atoms with Gasteiger partial charge in [0.1, 0.15) is 0 Å². The van der Waals surface area contributed by atoms with Crippen molar-refractivity contribution in [3.8, 4) is 6.07 Å². The summed E-state index contributed by atoms with van der Waals surface area (Å²) >= 11 is 0. The van der Waals surface area contributed by atoms with Crippen LogP contribution in [0.1, 0.15) is 12.5 Å². The van der Waals surface area contributed by atoms with E-state index in [4.69, 9.17) is 5.26 Å². The smallest absolute Gasteiger partial charge is 0.0992 e. The normalized spacial score (nSPS) is 13.4.